The van der Waals surface area contributed by atoms with Gasteiger partial charge in [-0.25, -0.2) is 4.68 Å². The average Bonchev–Trinajstić information content (AvgIpc) is 3.31. The number of benzene rings is 3. The van der Waals surface area contributed by atoms with Crippen LogP contribution in [0.3, 0.4) is 0 Å². The number of anilines is 2. The summed E-state index contributed by atoms with van der Waals surface area (Å²) in [4.78, 5) is 39.5. The second-order valence-electron chi connectivity index (χ2n) is 12.9. The lowest BCUT2D eigenvalue weighted by Gasteiger charge is -2.31. The van der Waals surface area contributed by atoms with E-state index in [1.165, 1.54) is 29.8 Å². The average molecular weight is 716 g/mol. The number of nitrogens with zero attached hydrogens (tertiary/aromatic N) is 1. The Hall–Kier alpha value is -3.92. The molecule has 4 aromatic rings. The predicted octanol–water partition coefficient (Wildman–Crippen LogP) is 9.26. The van der Waals surface area contributed by atoms with Gasteiger partial charge in [0.05, 0.1) is 10.0 Å². The Morgan fingerprint density at radius 1 is 0.917 bits per heavy atom. The van der Waals surface area contributed by atoms with Gasteiger partial charge in [0.1, 0.15) is 11.4 Å². The van der Waals surface area contributed by atoms with E-state index >= 15 is 0 Å². The molecule has 1 heterocycles. The van der Waals surface area contributed by atoms with Gasteiger partial charge in [0.15, 0.2) is 11.9 Å². The van der Waals surface area contributed by atoms with Gasteiger partial charge in [-0.15, -0.1) is 0 Å². The summed E-state index contributed by atoms with van der Waals surface area (Å²) >= 11 is 18.5. The summed E-state index contributed by atoms with van der Waals surface area (Å²) in [6.07, 6.45) is 1.48. The van der Waals surface area contributed by atoms with Gasteiger partial charge in [-0.3, -0.25) is 19.5 Å². The van der Waals surface area contributed by atoms with Crippen LogP contribution in [0.5, 0.6) is 11.5 Å². The molecule has 0 aliphatic rings. The Labute approximate surface area is 295 Å². The maximum Gasteiger partial charge on any atom is 0.315 e. The number of aromatic amines is 1. The Kier molecular flexibility index (Phi) is 11.3. The fraction of sp³-hybridized carbons (Fsp3) is 0.361. The van der Waals surface area contributed by atoms with E-state index in [0.717, 1.165) is 23.1 Å². The second kappa shape index (κ2) is 14.7. The standard InChI is InChI=1S/C36H41Cl3N4O5/c1-8-27(48-28-15-14-21(35(4,5)9-2)17-24(28)36(6,7)10-3)33(46)40-23-13-11-12-20(16-23)32(45)41-31-30(44)34(47)43(42-31)29-25(38)18-22(37)19-26(29)39/h11-19,27,42,44H,8-10H2,1-7H3,(H,40,46)(H,41,45). The maximum atomic E-state index is 13.5. The fourth-order valence-electron chi connectivity index (χ4n) is 5.02. The van der Waals surface area contributed by atoms with Crippen LogP contribution in [-0.2, 0) is 15.6 Å². The maximum absolute atomic E-state index is 13.5. The topological polar surface area (TPSA) is 125 Å². The van der Waals surface area contributed by atoms with Crippen molar-refractivity contribution in [3.63, 3.8) is 0 Å². The third kappa shape index (κ3) is 7.86. The molecular weight excluding hydrogens is 675 g/mol. The van der Waals surface area contributed by atoms with Gasteiger partial charge in [0, 0.05) is 21.8 Å². The first-order valence-corrected chi connectivity index (χ1v) is 16.9. The largest absolute Gasteiger partial charge is 0.500 e. The van der Waals surface area contributed by atoms with E-state index in [0.29, 0.717) is 17.9 Å². The van der Waals surface area contributed by atoms with Crippen molar-refractivity contribution in [1.29, 1.82) is 0 Å². The molecule has 12 heteroatoms. The van der Waals surface area contributed by atoms with Crippen molar-refractivity contribution in [2.75, 3.05) is 10.6 Å². The van der Waals surface area contributed by atoms with Gasteiger partial charge >= 0.3 is 5.56 Å². The van der Waals surface area contributed by atoms with Crippen molar-refractivity contribution in [2.45, 2.75) is 84.7 Å². The number of halogens is 3. The predicted molar refractivity (Wildman–Crippen MR) is 194 cm³/mol. The van der Waals surface area contributed by atoms with Crippen molar-refractivity contribution in [2.24, 2.45) is 0 Å². The molecule has 4 rings (SSSR count). The number of aromatic nitrogens is 2. The molecule has 0 aliphatic carbocycles. The number of hydrogen-bond donors (Lipinski definition) is 4. The van der Waals surface area contributed by atoms with Crippen LogP contribution in [0.25, 0.3) is 5.69 Å². The first-order chi connectivity index (χ1) is 22.5. The lowest BCUT2D eigenvalue weighted by atomic mass is 9.76. The van der Waals surface area contributed by atoms with E-state index in [1.54, 1.807) is 12.1 Å². The Morgan fingerprint density at radius 2 is 1.56 bits per heavy atom. The minimum absolute atomic E-state index is 0.00783. The summed E-state index contributed by atoms with van der Waals surface area (Å²) in [6, 6.07) is 15.2. The summed E-state index contributed by atoms with van der Waals surface area (Å²) in [5, 5.41) is 18.8. The van der Waals surface area contributed by atoms with Crippen molar-refractivity contribution in [1.82, 2.24) is 9.78 Å². The number of carbonyl (C=O) groups is 2. The lowest BCUT2D eigenvalue weighted by Crippen LogP contribution is -2.33. The van der Waals surface area contributed by atoms with Crippen LogP contribution < -0.4 is 20.9 Å². The molecule has 0 radical (unpaired) electrons. The van der Waals surface area contributed by atoms with E-state index in [2.05, 4.69) is 69.4 Å². The van der Waals surface area contributed by atoms with Crippen LogP contribution in [0.4, 0.5) is 11.5 Å². The van der Waals surface area contributed by atoms with Crippen LogP contribution in [0.1, 0.15) is 89.2 Å². The van der Waals surface area contributed by atoms with Gasteiger partial charge in [0.25, 0.3) is 11.8 Å². The SMILES string of the molecule is CCC(Oc1ccc(C(C)(C)CC)cc1C(C)(C)CC)C(=O)Nc1cccc(C(=O)Nc2[nH]n(-c3c(Cl)cc(Cl)cc3Cl)c(=O)c2O)c1. The monoisotopic (exact) mass is 714 g/mol. The van der Waals surface area contributed by atoms with Gasteiger partial charge in [-0.1, -0.05) is 101 Å². The Balaban J connectivity index is 1.54. The second-order valence-corrected chi connectivity index (χ2v) is 14.2. The van der Waals surface area contributed by atoms with Crippen LogP contribution in [0.15, 0.2) is 59.4 Å². The molecule has 4 N–H and O–H groups in total. The molecule has 9 nitrogen and oxygen atoms in total. The minimum atomic E-state index is -0.891. The normalized spacial score (nSPS) is 12.5. The number of nitrogens with one attached hydrogen (secondary N) is 3. The van der Waals surface area contributed by atoms with Gasteiger partial charge < -0.3 is 20.5 Å². The highest BCUT2D eigenvalue weighted by molar-refractivity contribution is 6.40. The number of H-pyrrole nitrogens is 1. The Morgan fingerprint density at radius 3 is 2.17 bits per heavy atom. The number of aromatic hydroxyl groups is 1. The summed E-state index contributed by atoms with van der Waals surface area (Å²) < 4.78 is 7.28. The molecule has 0 fully saturated rings. The van der Waals surface area contributed by atoms with Crippen molar-refractivity contribution in [3.05, 3.63) is 96.7 Å². The highest BCUT2D eigenvalue weighted by atomic mass is 35.5. The number of hydrogen-bond acceptors (Lipinski definition) is 5. The summed E-state index contributed by atoms with van der Waals surface area (Å²) in [6.45, 7) is 14.9. The molecule has 48 heavy (non-hydrogen) atoms. The van der Waals surface area contributed by atoms with Gasteiger partial charge in [-0.2, -0.15) is 0 Å². The molecule has 0 saturated carbocycles. The molecule has 0 bridgehead atoms. The molecule has 256 valence electrons. The summed E-state index contributed by atoms with van der Waals surface area (Å²) in [5.74, 6) is -1.40. The van der Waals surface area contributed by atoms with Crippen LogP contribution >= 0.6 is 34.8 Å². The summed E-state index contributed by atoms with van der Waals surface area (Å²) in [5.41, 5.74) is 1.74. The lowest BCUT2D eigenvalue weighted by molar-refractivity contribution is -0.122. The molecule has 0 spiro atoms. The number of carbonyl (C=O) groups excluding carboxylic acids is 2. The van der Waals surface area contributed by atoms with E-state index in [-0.39, 0.29) is 48.9 Å². The molecule has 2 amide bonds. The first kappa shape index (κ1) is 36.9. The third-order valence-electron chi connectivity index (χ3n) is 8.89. The van der Waals surface area contributed by atoms with Crippen LogP contribution in [-0.4, -0.2) is 32.8 Å². The van der Waals surface area contributed by atoms with Gasteiger partial charge in [-0.05, 0) is 72.1 Å². The smallest absolute Gasteiger partial charge is 0.315 e. The number of amides is 2. The van der Waals surface area contributed by atoms with Crippen molar-refractivity contribution < 1.29 is 19.4 Å². The quantitative estimate of drug-likeness (QED) is 0.116. The molecule has 1 unspecified atom stereocenters. The van der Waals surface area contributed by atoms with Crippen molar-refractivity contribution >= 4 is 58.1 Å². The van der Waals surface area contributed by atoms with Crippen LogP contribution in [0, 0.1) is 0 Å². The van der Waals surface area contributed by atoms with Crippen LogP contribution in [0.2, 0.25) is 15.1 Å². The fourth-order valence-corrected chi connectivity index (χ4v) is 6.01. The van der Waals surface area contributed by atoms with Crippen molar-refractivity contribution in [3.8, 4) is 17.2 Å². The van der Waals surface area contributed by atoms with Gasteiger partial charge in [0.2, 0.25) is 5.75 Å². The first-order valence-electron chi connectivity index (χ1n) is 15.8. The zero-order valence-corrected chi connectivity index (χ0v) is 30.3. The van der Waals surface area contributed by atoms with E-state index in [4.69, 9.17) is 39.5 Å². The summed E-state index contributed by atoms with van der Waals surface area (Å²) in [7, 11) is 0. The molecule has 1 atom stereocenters. The van der Waals surface area contributed by atoms with E-state index < -0.39 is 23.3 Å². The zero-order chi connectivity index (χ0) is 35.6. The molecule has 1 aromatic heterocycles. The molecule has 0 saturated heterocycles. The number of ether oxygens (including phenoxy) is 1. The highest BCUT2D eigenvalue weighted by Gasteiger charge is 2.29. The number of rotatable bonds is 12. The van der Waals surface area contributed by atoms with E-state index in [9.17, 15) is 19.5 Å². The van der Waals surface area contributed by atoms with E-state index in [1.807, 2.05) is 13.0 Å². The third-order valence-corrected chi connectivity index (χ3v) is 9.69. The Bertz CT molecular complexity index is 1870. The zero-order valence-electron chi connectivity index (χ0n) is 28.1. The molecular formula is C36H41Cl3N4O5. The highest BCUT2D eigenvalue weighted by Crippen LogP contribution is 2.39. The minimum Gasteiger partial charge on any atom is -0.500 e. The molecule has 3 aromatic carbocycles. The molecule has 0 aliphatic heterocycles.